The van der Waals surface area contributed by atoms with E-state index in [-0.39, 0.29) is 17.4 Å². The van der Waals surface area contributed by atoms with Crippen LogP contribution >= 0.6 is 11.6 Å². The van der Waals surface area contributed by atoms with Crippen LogP contribution in [0.3, 0.4) is 0 Å². The zero-order valence-electron chi connectivity index (χ0n) is 13.7. The minimum Gasteiger partial charge on any atom is -0.461 e. The molecule has 7 nitrogen and oxygen atoms in total. The number of hydrogen-bond donors (Lipinski definition) is 0. The Morgan fingerprint density at radius 2 is 2.00 bits per heavy atom. The molecule has 154 valence electrons. The molecule has 0 radical (unpaired) electrons. The van der Waals surface area contributed by atoms with Crippen molar-refractivity contribution in [2.75, 3.05) is 6.61 Å². The number of carbonyl (C=O) groups is 1. The van der Waals surface area contributed by atoms with Crippen LogP contribution in [0.4, 0.5) is 26.3 Å². The van der Waals surface area contributed by atoms with Crippen LogP contribution < -0.4 is 4.74 Å². The maximum atomic E-state index is 13.6. The van der Waals surface area contributed by atoms with Gasteiger partial charge in [0.15, 0.2) is 11.5 Å². The molecule has 0 bridgehead atoms. The molecule has 2 rings (SSSR count). The summed E-state index contributed by atoms with van der Waals surface area (Å²) in [6, 6.07) is 3.36. The van der Waals surface area contributed by atoms with Crippen LogP contribution in [0.15, 0.2) is 24.4 Å². The van der Waals surface area contributed by atoms with Crippen molar-refractivity contribution in [1.29, 1.82) is 0 Å². The molecule has 0 fully saturated rings. The molecule has 14 heteroatoms. The van der Waals surface area contributed by atoms with E-state index in [4.69, 9.17) is 16.3 Å². The average Bonchev–Trinajstić information content (AvgIpc) is 2.97. The molecule has 0 spiro atoms. The topological polar surface area (TPSA) is 75.5 Å². The molecule has 2 aromatic heterocycles. The number of pyridine rings is 1. The predicted molar refractivity (Wildman–Crippen MR) is 79.9 cm³/mol. The van der Waals surface area contributed by atoms with Gasteiger partial charge in [0, 0.05) is 12.3 Å². The van der Waals surface area contributed by atoms with Crippen LogP contribution in [-0.4, -0.2) is 46.2 Å². The third-order valence-electron chi connectivity index (χ3n) is 2.85. The second-order valence-electron chi connectivity index (χ2n) is 4.85. The fourth-order valence-electron chi connectivity index (χ4n) is 1.83. The van der Waals surface area contributed by atoms with Crippen molar-refractivity contribution in [3.05, 3.63) is 35.1 Å². The van der Waals surface area contributed by atoms with Crippen molar-refractivity contribution in [2.24, 2.45) is 0 Å². The first-order chi connectivity index (χ1) is 12.9. The van der Waals surface area contributed by atoms with Crippen LogP contribution in [0.5, 0.6) is 5.88 Å². The van der Waals surface area contributed by atoms with Gasteiger partial charge in [-0.15, -0.1) is 18.3 Å². The molecule has 28 heavy (non-hydrogen) atoms. The van der Waals surface area contributed by atoms with Gasteiger partial charge in [-0.05, 0) is 19.1 Å². The fourth-order valence-corrected chi connectivity index (χ4v) is 2.03. The minimum atomic E-state index is -5.68. The van der Waals surface area contributed by atoms with Crippen molar-refractivity contribution in [3.63, 3.8) is 0 Å². The van der Waals surface area contributed by atoms with E-state index in [2.05, 4.69) is 19.6 Å². The SMILES string of the molecule is CCOC(=O)c1cc(OC(F)(F)C(F)OC(F)(F)F)nn1-c1ncccc1Cl. The van der Waals surface area contributed by atoms with Crippen molar-refractivity contribution >= 4 is 17.6 Å². The number of halogens is 7. The first-order valence-corrected chi connectivity index (χ1v) is 7.66. The Hall–Kier alpha value is -2.54. The summed E-state index contributed by atoms with van der Waals surface area (Å²) in [5.41, 5.74) is -0.500. The van der Waals surface area contributed by atoms with Crippen molar-refractivity contribution in [1.82, 2.24) is 14.8 Å². The third kappa shape index (κ3) is 5.25. The van der Waals surface area contributed by atoms with Crippen molar-refractivity contribution < 1.29 is 45.3 Å². The van der Waals surface area contributed by atoms with Crippen molar-refractivity contribution in [2.45, 2.75) is 25.8 Å². The molecule has 1 unspecified atom stereocenters. The standard InChI is InChI=1S/C14H10ClF6N3O4/c1-2-26-11(25)8-6-9(23-24(8)10-7(15)4-3-5-22-10)27-13(17,18)12(16)28-14(19,20)21/h3-6,12H,2H2,1H3. The molecular formula is C14H10ClF6N3O4. The number of esters is 1. The van der Waals surface area contributed by atoms with E-state index in [0.717, 1.165) is 0 Å². The van der Waals surface area contributed by atoms with Gasteiger partial charge in [-0.25, -0.2) is 23.6 Å². The number of aromatic nitrogens is 3. The summed E-state index contributed by atoms with van der Waals surface area (Å²) in [6.45, 7) is 1.36. The Kier molecular flexibility index (Phi) is 6.39. The maximum Gasteiger partial charge on any atom is 0.525 e. The first kappa shape index (κ1) is 21.8. The highest BCUT2D eigenvalue weighted by Crippen LogP contribution is 2.32. The molecule has 0 aliphatic carbocycles. The van der Waals surface area contributed by atoms with Gasteiger partial charge < -0.3 is 9.47 Å². The molecule has 0 N–H and O–H groups in total. The smallest absolute Gasteiger partial charge is 0.461 e. The van der Waals surface area contributed by atoms with E-state index < -0.39 is 36.4 Å². The van der Waals surface area contributed by atoms with Crippen LogP contribution in [-0.2, 0) is 9.47 Å². The van der Waals surface area contributed by atoms with E-state index in [9.17, 15) is 31.1 Å². The molecule has 0 aliphatic rings. The Balaban J connectivity index is 2.40. The number of hydrogen-bond acceptors (Lipinski definition) is 6. The van der Waals surface area contributed by atoms with Gasteiger partial charge in [0.1, 0.15) is 0 Å². The number of carbonyl (C=O) groups excluding carboxylic acids is 1. The Morgan fingerprint density at radius 1 is 1.32 bits per heavy atom. The lowest BCUT2D eigenvalue weighted by Crippen LogP contribution is -2.41. The minimum absolute atomic E-state index is 0.0572. The highest BCUT2D eigenvalue weighted by Gasteiger charge is 2.51. The summed E-state index contributed by atoms with van der Waals surface area (Å²) in [5, 5.41) is 3.41. The van der Waals surface area contributed by atoms with Crippen LogP contribution in [0, 0.1) is 0 Å². The number of alkyl halides is 6. The second kappa shape index (κ2) is 8.22. The lowest BCUT2D eigenvalue weighted by atomic mass is 10.4. The highest BCUT2D eigenvalue weighted by molar-refractivity contribution is 6.32. The fraction of sp³-hybridized carbons (Fsp3) is 0.357. The van der Waals surface area contributed by atoms with E-state index in [0.29, 0.717) is 10.7 Å². The molecule has 2 aromatic rings. The average molecular weight is 434 g/mol. The lowest BCUT2D eigenvalue weighted by Gasteiger charge is -2.20. The lowest BCUT2D eigenvalue weighted by molar-refractivity contribution is -0.411. The number of nitrogens with zero attached hydrogens (tertiary/aromatic N) is 3. The molecule has 1 atom stereocenters. The zero-order valence-corrected chi connectivity index (χ0v) is 14.5. The van der Waals surface area contributed by atoms with Gasteiger partial charge in [0.05, 0.1) is 11.6 Å². The Labute approximate surface area is 157 Å². The molecule has 2 heterocycles. The first-order valence-electron chi connectivity index (χ1n) is 7.28. The largest absolute Gasteiger partial charge is 0.525 e. The second-order valence-corrected chi connectivity index (χ2v) is 5.26. The molecule has 0 saturated carbocycles. The van der Waals surface area contributed by atoms with E-state index in [1.54, 1.807) is 0 Å². The molecule has 0 aromatic carbocycles. The van der Waals surface area contributed by atoms with Gasteiger partial charge in [-0.3, -0.25) is 0 Å². The van der Waals surface area contributed by atoms with Gasteiger partial charge in [0.25, 0.3) is 0 Å². The summed E-state index contributed by atoms with van der Waals surface area (Å²) in [4.78, 5) is 15.8. The normalized spacial score (nSPS) is 13.3. The van der Waals surface area contributed by atoms with Gasteiger partial charge in [-0.2, -0.15) is 8.78 Å². The van der Waals surface area contributed by atoms with Crippen molar-refractivity contribution in [3.8, 4) is 11.7 Å². The molecule has 0 amide bonds. The molecule has 0 saturated heterocycles. The monoisotopic (exact) mass is 433 g/mol. The van der Waals surface area contributed by atoms with E-state index in [1.165, 1.54) is 25.3 Å². The van der Waals surface area contributed by atoms with E-state index in [1.807, 2.05) is 0 Å². The van der Waals surface area contributed by atoms with Gasteiger partial charge in [0.2, 0.25) is 5.88 Å². The number of rotatable bonds is 7. The number of ether oxygens (including phenoxy) is 3. The highest BCUT2D eigenvalue weighted by atomic mass is 35.5. The third-order valence-corrected chi connectivity index (χ3v) is 3.15. The summed E-state index contributed by atoms with van der Waals surface area (Å²) in [5.74, 6) is -2.37. The predicted octanol–water partition coefficient (Wildman–Crippen LogP) is 3.90. The summed E-state index contributed by atoms with van der Waals surface area (Å²) in [7, 11) is 0. The molecular weight excluding hydrogens is 424 g/mol. The van der Waals surface area contributed by atoms with Crippen LogP contribution in [0.1, 0.15) is 17.4 Å². The van der Waals surface area contributed by atoms with E-state index >= 15 is 0 Å². The van der Waals surface area contributed by atoms with Gasteiger partial charge in [-0.1, -0.05) is 11.6 Å². The zero-order chi connectivity index (χ0) is 21.1. The summed E-state index contributed by atoms with van der Waals surface area (Å²) < 4.78 is 88.0. The van der Waals surface area contributed by atoms with Crippen LogP contribution in [0.25, 0.3) is 5.82 Å². The molecule has 0 aliphatic heterocycles. The Morgan fingerprint density at radius 3 is 2.57 bits per heavy atom. The quantitative estimate of drug-likeness (QED) is 0.487. The van der Waals surface area contributed by atoms with Crippen LogP contribution in [0.2, 0.25) is 5.02 Å². The Bertz CT molecular complexity index is 845. The van der Waals surface area contributed by atoms with Gasteiger partial charge >= 0.3 is 24.8 Å². The summed E-state index contributed by atoms with van der Waals surface area (Å²) in [6.07, 6.45) is -13.7. The summed E-state index contributed by atoms with van der Waals surface area (Å²) >= 11 is 5.91. The maximum absolute atomic E-state index is 13.6.